The predicted molar refractivity (Wildman–Crippen MR) is 185 cm³/mol. The number of piperidine rings is 1. The first-order valence-electron chi connectivity index (χ1n) is 15.7. The summed E-state index contributed by atoms with van der Waals surface area (Å²) in [6, 6.07) is 30.3. The van der Waals surface area contributed by atoms with E-state index in [2.05, 4.69) is 124 Å². The number of allylic oxidation sites excluding steroid dienone is 1. The molecule has 2 saturated heterocycles. The van der Waals surface area contributed by atoms with Crippen molar-refractivity contribution in [1.82, 2.24) is 20.2 Å². The average Bonchev–Trinajstić information content (AvgIpc) is 3.34. The fourth-order valence-corrected chi connectivity index (χ4v) is 10.5. The molecule has 2 atom stereocenters. The number of rotatable bonds is 8. The summed E-state index contributed by atoms with van der Waals surface area (Å²) in [7, 11) is -4.79. The third-order valence-electron chi connectivity index (χ3n) is 8.74. The van der Waals surface area contributed by atoms with Gasteiger partial charge in [0, 0.05) is 6.04 Å². The van der Waals surface area contributed by atoms with Gasteiger partial charge >= 0.3 is 6.03 Å². The summed E-state index contributed by atoms with van der Waals surface area (Å²) in [5, 5.41) is 7.67. The second-order valence-corrected chi connectivity index (χ2v) is 16.2. The molecule has 1 N–H and O–H groups in total. The Bertz CT molecular complexity index is 1600. The summed E-state index contributed by atoms with van der Waals surface area (Å²) in [5.74, 6) is 2.10. The number of nitrogens with zero attached hydrogens (tertiary/aromatic N) is 3. The number of nitrogens with one attached hydrogen (secondary N) is 1. The highest BCUT2D eigenvalue weighted by molar-refractivity contribution is 7.98. The molecule has 3 aliphatic heterocycles. The molecule has 2 bridgehead atoms. The molecule has 12 heteroatoms. The predicted octanol–water partition coefficient (Wildman–Crippen LogP) is 3.54. The van der Waals surface area contributed by atoms with Crippen LogP contribution in [0.15, 0.2) is 115 Å². The van der Waals surface area contributed by atoms with E-state index in [1.54, 1.807) is 13.0 Å². The number of carbonyl (C=O) groups is 2. The highest BCUT2D eigenvalue weighted by Gasteiger charge is 2.48. The van der Waals surface area contributed by atoms with E-state index in [1.807, 2.05) is 7.05 Å². The second-order valence-electron chi connectivity index (χ2n) is 11.9. The number of amides is 3. The van der Waals surface area contributed by atoms with Crippen LogP contribution >= 0.6 is 7.26 Å². The van der Waals surface area contributed by atoms with E-state index in [-0.39, 0.29) is 18.5 Å². The zero-order chi connectivity index (χ0) is 33.6. The normalized spacial score (nSPS) is 20.5. The van der Waals surface area contributed by atoms with Crippen LogP contribution in [0.3, 0.4) is 0 Å². The lowest BCUT2D eigenvalue weighted by Crippen LogP contribution is -2.52. The van der Waals surface area contributed by atoms with Crippen LogP contribution in [0.2, 0.25) is 0 Å². The molecule has 3 aromatic carbocycles. The van der Waals surface area contributed by atoms with E-state index in [1.165, 1.54) is 20.8 Å². The molecular weight excluding hydrogens is 635 g/mol. The average molecular weight is 677 g/mol. The lowest BCUT2D eigenvalue weighted by molar-refractivity contribution is -0.125. The Balaban J connectivity index is 0.000000186. The SMILES string of the molecule is C/C=C/[P+](c1ccccc1)(c1ccccc1)c1ccccc1.CC1=C[C@@H](C(=O)NC2CCN(C)CC2)N2C[C@@H]1N(OS(=O)(=O)[O-])C2=O. The van der Waals surface area contributed by atoms with Gasteiger partial charge in [0.25, 0.3) is 0 Å². The molecule has 0 aliphatic carbocycles. The van der Waals surface area contributed by atoms with Gasteiger partial charge in [0.05, 0.1) is 12.4 Å². The Kier molecular flexibility index (Phi) is 10.9. The summed E-state index contributed by atoms with van der Waals surface area (Å²) in [6.07, 6.45) is 5.47. The smallest absolute Gasteiger partial charge is 0.346 e. The maximum absolute atomic E-state index is 12.6. The van der Waals surface area contributed by atoms with Crippen molar-refractivity contribution in [3.8, 4) is 0 Å². The molecule has 3 amide bonds. The van der Waals surface area contributed by atoms with E-state index < -0.39 is 35.8 Å². The maximum atomic E-state index is 12.6. The molecule has 0 unspecified atom stereocenters. The van der Waals surface area contributed by atoms with Gasteiger partial charge in [-0.2, -0.15) is 9.35 Å². The molecular formula is C35H41N4O6PS. The first kappa shape index (κ1) is 34.5. The fraction of sp³-hybridized carbons (Fsp3) is 0.314. The minimum absolute atomic E-state index is 0.0437. The van der Waals surface area contributed by atoms with Gasteiger partial charge < -0.3 is 19.7 Å². The van der Waals surface area contributed by atoms with E-state index in [0.717, 1.165) is 25.9 Å². The van der Waals surface area contributed by atoms with E-state index in [4.69, 9.17) is 0 Å². The highest BCUT2D eigenvalue weighted by atomic mass is 32.3. The van der Waals surface area contributed by atoms with Gasteiger partial charge in [0.15, 0.2) is 0 Å². The summed E-state index contributed by atoms with van der Waals surface area (Å²) in [5.41, 5.74) is 0.606. The molecule has 2 fully saturated rings. The van der Waals surface area contributed by atoms with Crippen LogP contribution in [0.1, 0.15) is 26.7 Å². The van der Waals surface area contributed by atoms with Crippen molar-refractivity contribution in [3.63, 3.8) is 0 Å². The van der Waals surface area contributed by atoms with Gasteiger partial charge in [0.2, 0.25) is 16.3 Å². The minimum atomic E-state index is -5.07. The Morgan fingerprint density at radius 2 is 1.40 bits per heavy atom. The van der Waals surface area contributed by atoms with Gasteiger partial charge in [-0.1, -0.05) is 66.7 Å². The molecule has 6 rings (SSSR count). The molecule has 0 aromatic heterocycles. The Morgan fingerprint density at radius 3 is 1.85 bits per heavy atom. The van der Waals surface area contributed by atoms with Crippen molar-refractivity contribution in [2.24, 2.45) is 0 Å². The third kappa shape index (κ3) is 7.83. The number of carbonyl (C=O) groups excluding carboxylic acids is 2. The monoisotopic (exact) mass is 676 g/mol. The molecule has 0 spiro atoms. The van der Waals surface area contributed by atoms with E-state index >= 15 is 0 Å². The third-order valence-corrected chi connectivity index (χ3v) is 13.2. The van der Waals surface area contributed by atoms with Crippen LogP contribution in [0.5, 0.6) is 0 Å². The molecule has 0 radical (unpaired) electrons. The standard InChI is InChI=1S/C21H20P.C14H22N4O6S/c1-2-18-22(19-12-6-3-7-13-19,20-14-8-4-9-15-20)21-16-10-5-11-17-21;1-9-7-11(13(19)15-10-3-5-16(2)6-4-10)17-8-12(9)18(14(17)20)24-25(21,22)23/h2-18H,1H3;7,10-12H,3-6,8H2,1-2H3,(H,15,19)(H,21,22,23)/q+1;/p-1/b18-2+;/t;11-,12-/m.0/s1. The topological polar surface area (TPSA) is 122 Å². The number of likely N-dealkylation sites (tertiary alicyclic amines) is 1. The number of hydroxylamine groups is 2. The first-order valence-corrected chi connectivity index (χ1v) is 18.8. The van der Waals surface area contributed by atoms with Gasteiger partial charge in [-0.05, 0) is 88.8 Å². The van der Waals surface area contributed by atoms with Crippen LogP contribution < -0.4 is 21.2 Å². The molecule has 3 heterocycles. The number of hydrogen-bond acceptors (Lipinski definition) is 7. The zero-order valence-corrected chi connectivity index (χ0v) is 28.5. The first-order chi connectivity index (χ1) is 22.5. The molecule has 248 valence electrons. The summed E-state index contributed by atoms with van der Waals surface area (Å²) < 4.78 is 36.8. The lowest BCUT2D eigenvalue weighted by Gasteiger charge is -2.32. The fourth-order valence-electron chi connectivity index (χ4n) is 6.37. The van der Waals surface area contributed by atoms with Crippen LogP contribution in [0, 0.1) is 0 Å². The number of fused-ring (bicyclic) bond motifs is 2. The largest absolute Gasteiger partial charge is 0.724 e. The van der Waals surface area contributed by atoms with Crippen LogP contribution in [0.25, 0.3) is 0 Å². The molecule has 3 aliphatic rings. The van der Waals surface area contributed by atoms with Crippen molar-refractivity contribution in [2.45, 2.75) is 44.8 Å². The van der Waals surface area contributed by atoms with Crippen molar-refractivity contribution in [1.29, 1.82) is 0 Å². The van der Waals surface area contributed by atoms with Crippen molar-refractivity contribution in [3.05, 3.63) is 115 Å². The van der Waals surface area contributed by atoms with E-state index in [0.29, 0.717) is 10.6 Å². The Labute approximate surface area is 278 Å². The lowest BCUT2D eigenvalue weighted by atomic mass is 10.00. The molecule has 10 nitrogen and oxygen atoms in total. The summed E-state index contributed by atoms with van der Waals surface area (Å²) in [6.45, 7) is 5.66. The van der Waals surface area contributed by atoms with Crippen molar-refractivity contribution in [2.75, 3.05) is 26.7 Å². The maximum Gasteiger partial charge on any atom is 0.346 e. The number of benzene rings is 3. The number of urea groups is 1. The van der Waals surface area contributed by atoms with Gasteiger partial charge in [-0.25, -0.2) is 13.2 Å². The van der Waals surface area contributed by atoms with Crippen molar-refractivity contribution >= 4 is 45.5 Å². The number of hydrogen-bond donors (Lipinski definition) is 1. The van der Waals surface area contributed by atoms with Crippen molar-refractivity contribution < 1.29 is 26.8 Å². The van der Waals surface area contributed by atoms with Crippen LogP contribution in [-0.2, 0) is 19.5 Å². The Hall–Kier alpha value is -3.86. The summed E-state index contributed by atoms with van der Waals surface area (Å²) in [4.78, 5) is 28.4. The minimum Gasteiger partial charge on any atom is -0.724 e. The Morgan fingerprint density at radius 1 is 0.915 bits per heavy atom. The highest BCUT2D eigenvalue weighted by Crippen LogP contribution is 2.56. The molecule has 47 heavy (non-hydrogen) atoms. The van der Waals surface area contributed by atoms with Gasteiger partial charge in [-0.3, -0.25) is 4.79 Å². The molecule has 0 saturated carbocycles. The van der Waals surface area contributed by atoms with Crippen LogP contribution in [0.4, 0.5) is 4.79 Å². The van der Waals surface area contributed by atoms with Gasteiger partial charge in [-0.15, -0.1) is 0 Å². The van der Waals surface area contributed by atoms with Crippen LogP contribution in [-0.4, -0.2) is 84.6 Å². The second kappa shape index (κ2) is 14.9. The summed E-state index contributed by atoms with van der Waals surface area (Å²) >= 11 is 0. The quantitative estimate of drug-likeness (QED) is 0.168. The van der Waals surface area contributed by atoms with Gasteiger partial charge in [0.1, 0.15) is 35.3 Å². The van der Waals surface area contributed by atoms with E-state index in [9.17, 15) is 22.6 Å². The molecule has 3 aromatic rings. The zero-order valence-electron chi connectivity index (χ0n) is 26.8.